The van der Waals surface area contributed by atoms with E-state index in [0.717, 1.165) is 22.4 Å². The molecule has 0 saturated carbocycles. The van der Waals surface area contributed by atoms with E-state index >= 15 is 0 Å². The van der Waals surface area contributed by atoms with Gasteiger partial charge in [-0.05, 0) is 78.9 Å². The first-order chi connectivity index (χ1) is 17.7. The summed E-state index contributed by atoms with van der Waals surface area (Å²) >= 11 is 12.9. The molecule has 192 valence electrons. The van der Waals surface area contributed by atoms with E-state index in [0.29, 0.717) is 27.2 Å². The number of para-hydroxylation sites is 1. The van der Waals surface area contributed by atoms with Crippen LogP contribution in [0.4, 0.5) is 0 Å². The van der Waals surface area contributed by atoms with E-state index < -0.39 is 5.97 Å². The van der Waals surface area contributed by atoms with Crippen LogP contribution in [-0.4, -0.2) is 20.9 Å². The predicted molar refractivity (Wildman–Crippen MR) is 146 cm³/mol. The van der Waals surface area contributed by atoms with Crippen molar-refractivity contribution in [3.05, 3.63) is 105 Å². The van der Waals surface area contributed by atoms with E-state index in [2.05, 4.69) is 18.9 Å². The number of halogens is 2. The summed E-state index contributed by atoms with van der Waals surface area (Å²) in [5.74, 6) is 0.443. The second-order valence-corrected chi connectivity index (χ2v) is 9.90. The number of carboxylic acid groups (broad SMARTS) is 1. The Morgan fingerprint density at radius 2 is 1.68 bits per heavy atom. The molecule has 1 aromatic heterocycles. The Hall–Kier alpha value is -3.48. The summed E-state index contributed by atoms with van der Waals surface area (Å²) in [5, 5.41) is 14.8. The quantitative estimate of drug-likeness (QED) is 0.233. The summed E-state index contributed by atoms with van der Waals surface area (Å²) in [5.41, 5.74) is 4.70. The first-order valence-electron chi connectivity index (χ1n) is 11.9. The Labute approximate surface area is 226 Å². The molecule has 4 rings (SSSR count). The van der Waals surface area contributed by atoms with Crippen molar-refractivity contribution in [2.45, 2.75) is 46.3 Å². The highest BCUT2D eigenvalue weighted by Crippen LogP contribution is 2.33. The van der Waals surface area contributed by atoms with Crippen LogP contribution in [0.3, 0.4) is 0 Å². The molecule has 0 aliphatic heterocycles. The molecule has 1 heterocycles. The fourth-order valence-corrected chi connectivity index (χ4v) is 4.77. The van der Waals surface area contributed by atoms with Gasteiger partial charge in [-0.1, -0.05) is 55.2 Å². The molecule has 0 bridgehead atoms. The molecule has 37 heavy (non-hydrogen) atoms. The van der Waals surface area contributed by atoms with E-state index in [-0.39, 0.29) is 24.2 Å². The minimum Gasteiger partial charge on any atom is -0.487 e. The van der Waals surface area contributed by atoms with Crippen molar-refractivity contribution in [3.63, 3.8) is 0 Å². The predicted octanol–water partition coefficient (Wildman–Crippen LogP) is 8.03. The van der Waals surface area contributed by atoms with Crippen LogP contribution in [0.25, 0.3) is 5.69 Å². The van der Waals surface area contributed by atoms with Gasteiger partial charge in [0.15, 0.2) is 0 Å². The number of benzene rings is 3. The standard InChI is InChI=1S/C29H28Cl2N2O4/c1-17(2)24-15-32-33(28-25(30)9-6-10-26(28)31)27(24)16-36-21-11-12-23(18(3)13-21)19(4)37-22-8-5-7-20(14-22)29(34)35/h5-15,17,19H,16H2,1-4H3,(H,34,35). The second kappa shape index (κ2) is 11.3. The number of aromatic carboxylic acids is 1. The molecule has 4 aromatic rings. The number of nitrogens with zero attached hydrogens (tertiary/aromatic N) is 2. The van der Waals surface area contributed by atoms with Crippen LogP contribution in [0.15, 0.2) is 66.9 Å². The second-order valence-electron chi connectivity index (χ2n) is 9.08. The monoisotopic (exact) mass is 538 g/mol. The van der Waals surface area contributed by atoms with Crippen LogP contribution in [0, 0.1) is 6.92 Å². The lowest BCUT2D eigenvalue weighted by atomic mass is 10.0. The maximum absolute atomic E-state index is 11.3. The van der Waals surface area contributed by atoms with Crippen LogP contribution >= 0.6 is 23.2 Å². The van der Waals surface area contributed by atoms with Crippen molar-refractivity contribution in [3.8, 4) is 17.2 Å². The molecular weight excluding hydrogens is 511 g/mol. The molecule has 1 unspecified atom stereocenters. The zero-order chi connectivity index (χ0) is 26.7. The first kappa shape index (κ1) is 26.6. The summed E-state index contributed by atoms with van der Waals surface area (Å²) in [7, 11) is 0. The van der Waals surface area contributed by atoms with Crippen LogP contribution in [0.2, 0.25) is 10.0 Å². The molecule has 3 aromatic carbocycles. The maximum atomic E-state index is 11.3. The number of carboxylic acids is 1. The largest absolute Gasteiger partial charge is 0.487 e. The number of hydrogen-bond acceptors (Lipinski definition) is 4. The van der Waals surface area contributed by atoms with Gasteiger partial charge in [-0.15, -0.1) is 0 Å². The fraction of sp³-hybridized carbons (Fsp3) is 0.241. The minimum absolute atomic E-state index is 0.184. The molecule has 0 aliphatic rings. The highest BCUT2D eigenvalue weighted by atomic mass is 35.5. The Balaban J connectivity index is 1.54. The van der Waals surface area contributed by atoms with Gasteiger partial charge >= 0.3 is 5.97 Å². The molecule has 0 fully saturated rings. The zero-order valence-corrected chi connectivity index (χ0v) is 22.5. The fourth-order valence-electron chi connectivity index (χ4n) is 4.21. The van der Waals surface area contributed by atoms with E-state index in [1.54, 1.807) is 35.0 Å². The molecule has 1 atom stereocenters. The highest BCUT2D eigenvalue weighted by Gasteiger charge is 2.20. The number of rotatable bonds is 9. The Kier molecular flexibility index (Phi) is 8.10. The van der Waals surface area contributed by atoms with Crippen LogP contribution in [-0.2, 0) is 6.61 Å². The summed E-state index contributed by atoms with van der Waals surface area (Å²) in [4.78, 5) is 11.3. The molecule has 0 radical (unpaired) electrons. The van der Waals surface area contributed by atoms with Crippen LogP contribution in [0.5, 0.6) is 11.5 Å². The van der Waals surface area contributed by atoms with Crippen molar-refractivity contribution in [2.24, 2.45) is 0 Å². The van der Waals surface area contributed by atoms with Crippen molar-refractivity contribution in [1.82, 2.24) is 9.78 Å². The summed E-state index contributed by atoms with van der Waals surface area (Å²) in [6.45, 7) is 8.40. The van der Waals surface area contributed by atoms with Crippen molar-refractivity contribution < 1.29 is 19.4 Å². The summed E-state index contributed by atoms with van der Waals surface area (Å²) in [6.07, 6.45) is 1.55. The molecule has 8 heteroatoms. The van der Waals surface area contributed by atoms with Crippen LogP contribution in [0.1, 0.15) is 65.5 Å². The van der Waals surface area contributed by atoms with E-state index in [9.17, 15) is 9.90 Å². The topological polar surface area (TPSA) is 73.6 Å². The van der Waals surface area contributed by atoms with Gasteiger partial charge in [-0.3, -0.25) is 0 Å². The smallest absolute Gasteiger partial charge is 0.335 e. The summed E-state index contributed by atoms with van der Waals surface area (Å²) < 4.78 is 14.0. The zero-order valence-electron chi connectivity index (χ0n) is 21.0. The van der Waals surface area contributed by atoms with Gasteiger partial charge in [0.1, 0.15) is 29.9 Å². The van der Waals surface area contributed by atoms with Gasteiger partial charge in [0.25, 0.3) is 0 Å². The average molecular weight is 539 g/mol. The van der Waals surface area contributed by atoms with E-state index in [4.69, 9.17) is 32.7 Å². The molecule has 0 spiro atoms. The van der Waals surface area contributed by atoms with Crippen molar-refractivity contribution in [1.29, 1.82) is 0 Å². The lowest BCUT2D eigenvalue weighted by Crippen LogP contribution is -2.10. The number of hydrogen-bond donors (Lipinski definition) is 1. The molecule has 0 aliphatic carbocycles. The van der Waals surface area contributed by atoms with Gasteiger partial charge in [0, 0.05) is 0 Å². The molecule has 1 N–H and O–H groups in total. The van der Waals surface area contributed by atoms with Crippen molar-refractivity contribution in [2.75, 3.05) is 0 Å². The van der Waals surface area contributed by atoms with Gasteiger partial charge in [-0.2, -0.15) is 5.10 Å². The first-order valence-corrected chi connectivity index (χ1v) is 12.7. The number of carbonyl (C=O) groups is 1. The lowest BCUT2D eigenvalue weighted by Gasteiger charge is -2.19. The van der Waals surface area contributed by atoms with Gasteiger partial charge in [-0.25, -0.2) is 9.48 Å². The summed E-state index contributed by atoms with van der Waals surface area (Å²) in [6, 6.07) is 17.7. The van der Waals surface area contributed by atoms with Crippen molar-refractivity contribution >= 4 is 29.2 Å². The molecule has 6 nitrogen and oxygen atoms in total. The molecule has 0 saturated heterocycles. The molecular formula is C29H28Cl2N2O4. The highest BCUT2D eigenvalue weighted by molar-refractivity contribution is 6.37. The van der Waals surface area contributed by atoms with E-state index in [1.165, 1.54) is 12.1 Å². The minimum atomic E-state index is -0.991. The molecule has 0 amide bonds. The third-order valence-electron chi connectivity index (χ3n) is 6.12. The Morgan fingerprint density at radius 1 is 0.973 bits per heavy atom. The number of aromatic nitrogens is 2. The van der Waals surface area contributed by atoms with Gasteiger partial charge in [0.05, 0.1) is 27.5 Å². The SMILES string of the molecule is Cc1cc(OCc2c(C(C)C)cnn2-c2c(Cl)cccc2Cl)ccc1C(C)Oc1cccc(C(=O)O)c1. The lowest BCUT2D eigenvalue weighted by molar-refractivity contribution is 0.0696. The van der Waals surface area contributed by atoms with Crippen LogP contribution < -0.4 is 9.47 Å². The third-order valence-corrected chi connectivity index (χ3v) is 6.73. The van der Waals surface area contributed by atoms with E-state index in [1.807, 2.05) is 38.2 Å². The van der Waals surface area contributed by atoms with Gasteiger partial charge < -0.3 is 14.6 Å². The average Bonchev–Trinajstić information content (AvgIpc) is 3.26. The number of ether oxygens (including phenoxy) is 2. The normalized spacial score (nSPS) is 12.0. The van der Waals surface area contributed by atoms with Gasteiger partial charge in [0.2, 0.25) is 0 Å². The Morgan fingerprint density at radius 3 is 2.32 bits per heavy atom. The third kappa shape index (κ3) is 5.92. The Bertz CT molecular complexity index is 1410. The maximum Gasteiger partial charge on any atom is 0.335 e. The number of aryl methyl sites for hydroxylation is 1.